The topological polar surface area (TPSA) is 45.2 Å². The van der Waals surface area contributed by atoms with Crippen LogP contribution in [-0.4, -0.2) is 29.4 Å². The SMILES string of the molecule is CC.CCC1CN(Cc2cccc(NC=O)n2)C1. The van der Waals surface area contributed by atoms with Crippen molar-refractivity contribution < 1.29 is 4.79 Å². The molecule has 0 bridgehead atoms. The van der Waals surface area contributed by atoms with Crippen LogP contribution in [0, 0.1) is 5.92 Å². The summed E-state index contributed by atoms with van der Waals surface area (Å²) in [5, 5.41) is 2.57. The molecule has 1 aromatic rings. The van der Waals surface area contributed by atoms with Crippen LogP contribution in [0.2, 0.25) is 0 Å². The van der Waals surface area contributed by atoms with E-state index in [2.05, 4.69) is 22.1 Å². The second-order valence-electron chi connectivity index (χ2n) is 4.24. The first-order chi connectivity index (χ1) is 8.81. The first-order valence-electron chi connectivity index (χ1n) is 6.70. The zero-order valence-electron chi connectivity index (χ0n) is 11.5. The van der Waals surface area contributed by atoms with Crippen molar-refractivity contribution in [3.63, 3.8) is 0 Å². The first-order valence-corrected chi connectivity index (χ1v) is 6.70. The third-order valence-electron chi connectivity index (χ3n) is 3.01. The molecule has 4 heteroatoms. The fraction of sp³-hybridized carbons (Fsp3) is 0.571. The maximum atomic E-state index is 10.3. The number of nitrogens with one attached hydrogen (secondary N) is 1. The van der Waals surface area contributed by atoms with Crippen LogP contribution < -0.4 is 5.32 Å². The predicted molar refractivity (Wildman–Crippen MR) is 74.3 cm³/mol. The third-order valence-corrected chi connectivity index (χ3v) is 3.01. The Morgan fingerprint density at radius 2 is 2.17 bits per heavy atom. The van der Waals surface area contributed by atoms with E-state index in [1.807, 2.05) is 26.0 Å². The Bertz CT molecular complexity index is 362. The molecular formula is C14H23N3O. The maximum Gasteiger partial charge on any atom is 0.212 e. The highest BCUT2D eigenvalue weighted by Crippen LogP contribution is 2.20. The Balaban J connectivity index is 0.000000771. The number of hydrogen-bond donors (Lipinski definition) is 1. The van der Waals surface area contributed by atoms with Crippen molar-refractivity contribution in [1.82, 2.24) is 9.88 Å². The van der Waals surface area contributed by atoms with Crippen molar-refractivity contribution in [2.45, 2.75) is 33.7 Å². The molecule has 0 atom stereocenters. The van der Waals surface area contributed by atoms with Crippen molar-refractivity contribution in [3.05, 3.63) is 23.9 Å². The lowest BCUT2D eigenvalue weighted by molar-refractivity contribution is -0.105. The highest BCUT2D eigenvalue weighted by atomic mass is 16.1. The number of aromatic nitrogens is 1. The van der Waals surface area contributed by atoms with Gasteiger partial charge in [0, 0.05) is 19.6 Å². The molecule has 2 rings (SSSR count). The highest BCUT2D eigenvalue weighted by Gasteiger charge is 2.24. The van der Waals surface area contributed by atoms with Gasteiger partial charge in [-0.25, -0.2) is 4.98 Å². The summed E-state index contributed by atoms with van der Waals surface area (Å²) < 4.78 is 0. The molecule has 0 aliphatic carbocycles. The van der Waals surface area contributed by atoms with E-state index in [0.29, 0.717) is 12.2 Å². The van der Waals surface area contributed by atoms with Crippen molar-refractivity contribution >= 4 is 12.2 Å². The number of carbonyl (C=O) groups is 1. The summed E-state index contributed by atoms with van der Waals surface area (Å²) >= 11 is 0. The van der Waals surface area contributed by atoms with E-state index in [4.69, 9.17) is 0 Å². The molecule has 0 saturated carbocycles. The Morgan fingerprint density at radius 1 is 1.44 bits per heavy atom. The van der Waals surface area contributed by atoms with E-state index in [9.17, 15) is 4.79 Å². The van der Waals surface area contributed by atoms with Crippen molar-refractivity contribution in [3.8, 4) is 0 Å². The summed E-state index contributed by atoms with van der Waals surface area (Å²) in [4.78, 5) is 17.0. The van der Waals surface area contributed by atoms with Crippen LogP contribution >= 0.6 is 0 Å². The van der Waals surface area contributed by atoms with Crippen LogP contribution in [0.25, 0.3) is 0 Å². The minimum atomic E-state index is 0.625. The summed E-state index contributed by atoms with van der Waals surface area (Å²) in [5.74, 6) is 1.48. The minimum Gasteiger partial charge on any atom is -0.313 e. The molecule has 1 amide bonds. The van der Waals surface area contributed by atoms with Crippen LogP contribution in [0.3, 0.4) is 0 Å². The van der Waals surface area contributed by atoms with Crippen molar-refractivity contribution in [2.24, 2.45) is 5.92 Å². The van der Waals surface area contributed by atoms with Gasteiger partial charge in [0.15, 0.2) is 0 Å². The van der Waals surface area contributed by atoms with Gasteiger partial charge in [0.25, 0.3) is 0 Å². The monoisotopic (exact) mass is 249 g/mol. The standard InChI is InChI=1S/C12H17N3O.C2H6/c1-2-10-6-15(7-10)8-11-4-3-5-12(14-11)13-9-16;1-2/h3-5,9-10H,2,6-8H2,1H3,(H,13,14,16);1-2H3. The van der Waals surface area contributed by atoms with Gasteiger partial charge in [0.2, 0.25) is 6.41 Å². The third kappa shape index (κ3) is 4.11. The fourth-order valence-corrected chi connectivity index (χ4v) is 2.00. The van der Waals surface area contributed by atoms with Gasteiger partial charge >= 0.3 is 0 Å². The lowest BCUT2D eigenvalue weighted by atomic mass is 9.97. The first kappa shape index (κ1) is 14.6. The Labute approximate surface area is 109 Å². The second kappa shape index (κ2) is 7.82. The van der Waals surface area contributed by atoms with Gasteiger partial charge in [-0.3, -0.25) is 9.69 Å². The predicted octanol–water partition coefficient (Wildman–Crippen LogP) is 2.52. The largest absolute Gasteiger partial charge is 0.313 e. The molecule has 0 aromatic carbocycles. The van der Waals surface area contributed by atoms with E-state index in [1.165, 1.54) is 19.5 Å². The zero-order valence-corrected chi connectivity index (χ0v) is 11.5. The van der Waals surface area contributed by atoms with Gasteiger partial charge in [-0.2, -0.15) is 0 Å². The molecular weight excluding hydrogens is 226 g/mol. The van der Waals surface area contributed by atoms with E-state index >= 15 is 0 Å². The van der Waals surface area contributed by atoms with Crippen LogP contribution in [0.5, 0.6) is 0 Å². The van der Waals surface area contributed by atoms with Gasteiger partial charge in [-0.1, -0.05) is 33.3 Å². The van der Waals surface area contributed by atoms with Crippen LogP contribution in [0.4, 0.5) is 5.82 Å². The zero-order chi connectivity index (χ0) is 13.4. The molecule has 1 aliphatic rings. The van der Waals surface area contributed by atoms with E-state index in [0.717, 1.165) is 18.2 Å². The molecule has 1 fully saturated rings. The smallest absolute Gasteiger partial charge is 0.212 e. The number of pyridine rings is 1. The number of rotatable bonds is 5. The minimum absolute atomic E-state index is 0.625. The van der Waals surface area contributed by atoms with Crippen LogP contribution in [-0.2, 0) is 11.3 Å². The molecule has 1 aliphatic heterocycles. The summed E-state index contributed by atoms with van der Waals surface area (Å²) in [7, 11) is 0. The Hall–Kier alpha value is -1.42. The molecule has 100 valence electrons. The van der Waals surface area contributed by atoms with Crippen molar-refractivity contribution in [2.75, 3.05) is 18.4 Å². The normalized spacial score (nSPS) is 15.3. The average molecular weight is 249 g/mol. The molecule has 2 heterocycles. The molecule has 0 unspecified atom stereocenters. The molecule has 18 heavy (non-hydrogen) atoms. The van der Waals surface area contributed by atoms with E-state index < -0.39 is 0 Å². The quantitative estimate of drug-likeness (QED) is 0.816. The average Bonchev–Trinajstić information content (AvgIpc) is 2.37. The molecule has 1 N–H and O–H groups in total. The van der Waals surface area contributed by atoms with E-state index in [-0.39, 0.29) is 0 Å². The number of anilines is 1. The van der Waals surface area contributed by atoms with Gasteiger partial charge in [-0.05, 0) is 18.1 Å². The molecule has 1 saturated heterocycles. The van der Waals surface area contributed by atoms with Gasteiger partial charge in [0.1, 0.15) is 5.82 Å². The Morgan fingerprint density at radius 3 is 2.78 bits per heavy atom. The highest BCUT2D eigenvalue weighted by molar-refractivity contribution is 5.68. The lowest BCUT2D eigenvalue weighted by Gasteiger charge is -2.38. The maximum absolute atomic E-state index is 10.3. The summed E-state index contributed by atoms with van der Waals surface area (Å²) in [6.07, 6.45) is 1.92. The summed E-state index contributed by atoms with van der Waals surface area (Å²) in [5.41, 5.74) is 1.02. The summed E-state index contributed by atoms with van der Waals surface area (Å²) in [6.45, 7) is 9.45. The van der Waals surface area contributed by atoms with Gasteiger partial charge in [0.05, 0.1) is 5.69 Å². The van der Waals surface area contributed by atoms with Gasteiger partial charge in [-0.15, -0.1) is 0 Å². The van der Waals surface area contributed by atoms with Crippen LogP contribution in [0.15, 0.2) is 18.2 Å². The Kier molecular flexibility index (Phi) is 6.36. The number of carbonyl (C=O) groups excluding carboxylic acids is 1. The molecule has 0 spiro atoms. The number of amides is 1. The molecule has 4 nitrogen and oxygen atoms in total. The number of likely N-dealkylation sites (tertiary alicyclic amines) is 1. The summed E-state index contributed by atoms with van der Waals surface area (Å²) in [6, 6.07) is 5.71. The molecule has 1 aromatic heterocycles. The number of hydrogen-bond acceptors (Lipinski definition) is 3. The van der Waals surface area contributed by atoms with Gasteiger partial charge < -0.3 is 5.32 Å². The number of nitrogens with zero attached hydrogens (tertiary/aromatic N) is 2. The van der Waals surface area contributed by atoms with E-state index in [1.54, 1.807) is 6.07 Å². The fourth-order valence-electron chi connectivity index (χ4n) is 2.00. The molecule has 0 radical (unpaired) electrons. The van der Waals surface area contributed by atoms with Crippen molar-refractivity contribution in [1.29, 1.82) is 0 Å². The lowest BCUT2D eigenvalue weighted by Crippen LogP contribution is -2.45. The van der Waals surface area contributed by atoms with Crippen LogP contribution in [0.1, 0.15) is 32.9 Å². The second-order valence-corrected chi connectivity index (χ2v) is 4.24.